The van der Waals surface area contributed by atoms with Crippen LogP contribution in [-0.2, 0) is 4.79 Å². The lowest BCUT2D eigenvalue weighted by molar-refractivity contribution is -0.131. The molecule has 0 spiro atoms. The van der Waals surface area contributed by atoms with E-state index >= 15 is 0 Å². The van der Waals surface area contributed by atoms with E-state index in [2.05, 4.69) is 0 Å². The minimum Gasteiger partial charge on any atom is -0.508 e. The summed E-state index contributed by atoms with van der Waals surface area (Å²) < 4.78 is 0. The number of aromatic hydroxyl groups is 1. The lowest BCUT2D eigenvalue weighted by Crippen LogP contribution is -1.91. The highest BCUT2D eigenvalue weighted by atomic mass is 32.2. The van der Waals surface area contributed by atoms with Crippen molar-refractivity contribution in [2.45, 2.75) is 11.8 Å². The highest BCUT2D eigenvalue weighted by Gasteiger charge is 1.98. The zero-order chi connectivity index (χ0) is 11.3. The molecule has 0 atom stereocenters. The van der Waals surface area contributed by atoms with E-state index in [1.807, 2.05) is 6.07 Å². The van der Waals surface area contributed by atoms with Gasteiger partial charge in [0.05, 0.1) is 0 Å². The first-order valence-corrected chi connectivity index (χ1v) is 5.38. The van der Waals surface area contributed by atoms with Crippen LogP contribution >= 0.6 is 11.8 Å². The Hall–Kier alpha value is -1.42. The standard InChI is InChI=1S/C11H12O3S/c1-8(5-11(13)14)7-15-10-4-2-3-9(12)6-10/h2-6,12H,7H2,1H3,(H,13,14)/b8-5-. The summed E-state index contributed by atoms with van der Waals surface area (Å²) in [7, 11) is 0. The van der Waals surface area contributed by atoms with Gasteiger partial charge in [-0.2, -0.15) is 0 Å². The SMILES string of the molecule is C/C(=C/C(=O)O)CSc1cccc(O)c1. The minimum absolute atomic E-state index is 0.222. The maximum absolute atomic E-state index is 10.3. The van der Waals surface area contributed by atoms with Crippen molar-refractivity contribution in [1.29, 1.82) is 0 Å². The van der Waals surface area contributed by atoms with Gasteiger partial charge in [-0.05, 0) is 25.1 Å². The van der Waals surface area contributed by atoms with Gasteiger partial charge in [0, 0.05) is 16.7 Å². The van der Waals surface area contributed by atoms with E-state index in [0.29, 0.717) is 5.75 Å². The third-order valence-corrected chi connectivity index (χ3v) is 2.84. The Morgan fingerprint density at radius 2 is 2.27 bits per heavy atom. The molecule has 0 aliphatic rings. The van der Waals surface area contributed by atoms with Gasteiger partial charge in [-0.3, -0.25) is 0 Å². The van der Waals surface area contributed by atoms with Crippen LogP contribution in [0.15, 0.2) is 40.8 Å². The maximum atomic E-state index is 10.3. The van der Waals surface area contributed by atoms with Crippen molar-refractivity contribution < 1.29 is 15.0 Å². The Bertz CT molecular complexity index is 385. The topological polar surface area (TPSA) is 57.5 Å². The fourth-order valence-electron chi connectivity index (χ4n) is 1.02. The van der Waals surface area contributed by atoms with E-state index in [-0.39, 0.29) is 5.75 Å². The fourth-order valence-corrected chi connectivity index (χ4v) is 1.88. The predicted molar refractivity (Wildman–Crippen MR) is 60.2 cm³/mol. The van der Waals surface area contributed by atoms with Gasteiger partial charge in [-0.25, -0.2) is 4.79 Å². The van der Waals surface area contributed by atoms with E-state index in [0.717, 1.165) is 10.5 Å². The van der Waals surface area contributed by atoms with Gasteiger partial charge in [0.2, 0.25) is 0 Å². The summed E-state index contributed by atoms with van der Waals surface area (Å²) in [6.45, 7) is 1.77. The smallest absolute Gasteiger partial charge is 0.328 e. The molecule has 0 heterocycles. The molecule has 0 saturated heterocycles. The number of phenols is 1. The van der Waals surface area contributed by atoms with Gasteiger partial charge in [-0.1, -0.05) is 11.6 Å². The van der Waals surface area contributed by atoms with Gasteiger partial charge >= 0.3 is 5.97 Å². The molecule has 15 heavy (non-hydrogen) atoms. The minimum atomic E-state index is -0.927. The van der Waals surface area contributed by atoms with Gasteiger partial charge in [0.15, 0.2) is 0 Å². The summed E-state index contributed by atoms with van der Waals surface area (Å²) in [5, 5.41) is 17.7. The van der Waals surface area contributed by atoms with Crippen molar-refractivity contribution in [3.8, 4) is 5.75 Å². The second-order valence-corrected chi connectivity index (χ2v) is 4.16. The van der Waals surface area contributed by atoms with Gasteiger partial charge in [0.25, 0.3) is 0 Å². The molecule has 2 N–H and O–H groups in total. The fraction of sp³-hybridized carbons (Fsp3) is 0.182. The van der Waals surface area contributed by atoms with Crippen LogP contribution in [0.3, 0.4) is 0 Å². The molecule has 3 nitrogen and oxygen atoms in total. The van der Waals surface area contributed by atoms with Crippen LogP contribution < -0.4 is 0 Å². The van der Waals surface area contributed by atoms with Crippen molar-refractivity contribution in [2.24, 2.45) is 0 Å². The maximum Gasteiger partial charge on any atom is 0.328 e. The first-order chi connectivity index (χ1) is 7.08. The van der Waals surface area contributed by atoms with Crippen LogP contribution in [0.25, 0.3) is 0 Å². The summed E-state index contributed by atoms with van der Waals surface area (Å²) in [6.07, 6.45) is 1.19. The summed E-state index contributed by atoms with van der Waals surface area (Å²) in [4.78, 5) is 11.3. The molecule has 0 fully saturated rings. The molecule has 0 unspecified atom stereocenters. The second kappa shape index (κ2) is 5.46. The molecule has 1 rings (SSSR count). The van der Waals surface area contributed by atoms with Crippen molar-refractivity contribution in [2.75, 3.05) is 5.75 Å². The second-order valence-electron chi connectivity index (χ2n) is 3.11. The third kappa shape index (κ3) is 4.56. The molecule has 0 saturated carbocycles. The average molecular weight is 224 g/mol. The molecule has 0 aromatic heterocycles. The molecule has 4 heteroatoms. The van der Waals surface area contributed by atoms with Crippen LogP contribution in [0.5, 0.6) is 5.75 Å². The molecule has 0 bridgehead atoms. The van der Waals surface area contributed by atoms with Crippen LogP contribution in [0.4, 0.5) is 0 Å². The number of carbonyl (C=O) groups is 1. The van der Waals surface area contributed by atoms with Crippen LogP contribution in [0, 0.1) is 0 Å². The van der Waals surface area contributed by atoms with E-state index in [1.54, 1.807) is 25.1 Å². The first-order valence-electron chi connectivity index (χ1n) is 4.40. The Labute approximate surface area is 92.4 Å². The number of thioether (sulfide) groups is 1. The predicted octanol–water partition coefficient (Wildman–Crippen LogP) is 2.52. The summed E-state index contributed by atoms with van der Waals surface area (Å²) in [5.74, 6) is -0.0978. The molecule has 80 valence electrons. The third-order valence-electron chi connectivity index (χ3n) is 1.65. The molecular formula is C11H12O3S. The Balaban J connectivity index is 2.54. The van der Waals surface area contributed by atoms with Gasteiger partial charge in [-0.15, -0.1) is 11.8 Å². The lowest BCUT2D eigenvalue weighted by atomic mass is 10.3. The van der Waals surface area contributed by atoms with Crippen LogP contribution in [0.1, 0.15) is 6.92 Å². The molecular weight excluding hydrogens is 212 g/mol. The van der Waals surface area contributed by atoms with Crippen LogP contribution in [-0.4, -0.2) is 21.9 Å². The first kappa shape index (κ1) is 11.7. The number of aliphatic carboxylic acids is 1. The van der Waals surface area contributed by atoms with E-state index in [9.17, 15) is 9.90 Å². The lowest BCUT2D eigenvalue weighted by Gasteiger charge is -2.01. The largest absolute Gasteiger partial charge is 0.508 e. The number of hydrogen-bond acceptors (Lipinski definition) is 3. The van der Waals surface area contributed by atoms with Crippen molar-refractivity contribution in [3.05, 3.63) is 35.9 Å². The number of hydrogen-bond donors (Lipinski definition) is 2. The molecule has 0 aliphatic carbocycles. The van der Waals surface area contributed by atoms with E-state index in [1.165, 1.54) is 17.8 Å². The Morgan fingerprint density at radius 3 is 2.87 bits per heavy atom. The quantitative estimate of drug-likeness (QED) is 0.609. The summed E-state index contributed by atoms with van der Waals surface area (Å²) >= 11 is 1.49. The number of benzene rings is 1. The molecule has 1 aromatic carbocycles. The van der Waals surface area contributed by atoms with Crippen molar-refractivity contribution in [3.63, 3.8) is 0 Å². The number of carboxylic acid groups (broad SMARTS) is 1. The van der Waals surface area contributed by atoms with Crippen molar-refractivity contribution in [1.82, 2.24) is 0 Å². The highest BCUT2D eigenvalue weighted by Crippen LogP contribution is 2.23. The zero-order valence-electron chi connectivity index (χ0n) is 8.30. The molecule has 1 aromatic rings. The Morgan fingerprint density at radius 1 is 1.53 bits per heavy atom. The number of rotatable bonds is 4. The Kier molecular flexibility index (Phi) is 4.24. The monoisotopic (exact) mass is 224 g/mol. The number of phenolic OH excluding ortho intramolecular Hbond substituents is 1. The molecule has 0 radical (unpaired) electrons. The number of carboxylic acids is 1. The zero-order valence-corrected chi connectivity index (χ0v) is 9.12. The summed E-state index contributed by atoms with van der Waals surface area (Å²) in [6, 6.07) is 6.88. The highest BCUT2D eigenvalue weighted by molar-refractivity contribution is 7.99. The van der Waals surface area contributed by atoms with E-state index < -0.39 is 5.97 Å². The average Bonchev–Trinajstić information content (AvgIpc) is 2.14. The summed E-state index contributed by atoms with van der Waals surface area (Å²) in [5.41, 5.74) is 0.788. The molecule has 0 aliphatic heterocycles. The normalized spacial score (nSPS) is 11.4. The van der Waals surface area contributed by atoms with E-state index in [4.69, 9.17) is 5.11 Å². The van der Waals surface area contributed by atoms with Crippen LogP contribution in [0.2, 0.25) is 0 Å². The van der Waals surface area contributed by atoms with Crippen molar-refractivity contribution >= 4 is 17.7 Å². The molecule has 0 amide bonds. The van der Waals surface area contributed by atoms with Gasteiger partial charge < -0.3 is 10.2 Å². The van der Waals surface area contributed by atoms with Gasteiger partial charge in [0.1, 0.15) is 5.75 Å².